The molecule has 1 N–H and O–H groups in total. The molecule has 0 amide bonds. The van der Waals surface area contributed by atoms with Crippen LogP contribution in [-0.2, 0) is 0 Å². The number of hydrogen-bond acceptors (Lipinski definition) is 2. The molecule has 16 heavy (non-hydrogen) atoms. The first-order valence-corrected chi connectivity index (χ1v) is 6.29. The molecule has 1 fully saturated rings. The average molecular weight is 240 g/mol. The van der Waals surface area contributed by atoms with Gasteiger partial charge in [0.15, 0.2) is 0 Å². The summed E-state index contributed by atoms with van der Waals surface area (Å²) in [6, 6.07) is 7.93. The van der Waals surface area contributed by atoms with Gasteiger partial charge in [-0.05, 0) is 43.6 Å². The molecular weight excluding hydrogens is 222 g/mol. The minimum absolute atomic E-state index is 0.110. The third-order valence-corrected chi connectivity index (χ3v) is 3.47. The van der Waals surface area contributed by atoms with Gasteiger partial charge in [0.05, 0.1) is 12.6 Å². The molecule has 2 nitrogen and oxygen atoms in total. The molecule has 0 bridgehead atoms. The Morgan fingerprint density at radius 1 is 1.25 bits per heavy atom. The third kappa shape index (κ3) is 2.76. The van der Waals surface area contributed by atoms with Crippen LogP contribution in [0.3, 0.4) is 0 Å². The fourth-order valence-electron chi connectivity index (χ4n) is 2.38. The van der Waals surface area contributed by atoms with E-state index < -0.39 is 0 Å². The van der Waals surface area contributed by atoms with E-state index in [1.807, 2.05) is 24.3 Å². The van der Waals surface area contributed by atoms with E-state index in [4.69, 9.17) is 11.6 Å². The SMILES string of the molecule is OCC(c1cccc(Cl)c1)N1CCCCC1. The lowest BCUT2D eigenvalue weighted by Crippen LogP contribution is -2.35. The Balaban J connectivity index is 2.14. The summed E-state index contributed by atoms with van der Waals surface area (Å²) < 4.78 is 0. The normalized spacial score (nSPS) is 19.6. The molecule has 0 radical (unpaired) electrons. The largest absolute Gasteiger partial charge is 0.394 e. The second-order valence-electron chi connectivity index (χ2n) is 4.35. The Labute approximate surface area is 102 Å². The number of aliphatic hydroxyl groups excluding tert-OH is 1. The lowest BCUT2D eigenvalue weighted by molar-refractivity contribution is 0.104. The van der Waals surface area contributed by atoms with E-state index in [1.165, 1.54) is 19.3 Å². The van der Waals surface area contributed by atoms with E-state index in [-0.39, 0.29) is 12.6 Å². The zero-order valence-corrected chi connectivity index (χ0v) is 10.2. The van der Waals surface area contributed by atoms with Gasteiger partial charge < -0.3 is 5.11 Å². The molecule has 1 aromatic rings. The third-order valence-electron chi connectivity index (χ3n) is 3.24. The van der Waals surface area contributed by atoms with Crippen molar-refractivity contribution < 1.29 is 5.11 Å². The van der Waals surface area contributed by atoms with Crippen LogP contribution in [-0.4, -0.2) is 29.7 Å². The Morgan fingerprint density at radius 3 is 2.62 bits per heavy atom. The van der Waals surface area contributed by atoms with E-state index in [9.17, 15) is 5.11 Å². The summed E-state index contributed by atoms with van der Waals surface area (Å²) in [5.41, 5.74) is 1.12. The molecule has 0 saturated carbocycles. The van der Waals surface area contributed by atoms with Gasteiger partial charge in [-0.25, -0.2) is 0 Å². The fourth-order valence-corrected chi connectivity index (χ4v) is 2.57. The van der Waals surface area contributed by atoms with Crippen molar-refractivity contribution in [2.45, 2.75) is 25.3 Å². The summed E-state index contributed by atoms with van der Waals surface area (Å²) in [7, 11) is 0. The lowest BCUT2D eigenvalue weighted by Gasteiger charge is -2.33. The average Bonchev–Trinajstić information content (AvgIpc) is 2.31. The Morgan fingerprint density at radius 2 is 2.00 bits per heavy atom. The first kappa shape index (κ1) is 11.9. The summed E-state index contributed by atoms with van der Waals surface area (Å²) in [6.45, 7) is 2.33. The number of halogens is 1. The van der Waals surface area contributed by atoms with Gasteiger partial charge in [0, 0.05) is 5.02 Å². The van der Waals surface area contributed by atoms with Crippen molar-refractivity contribution in [3.63, 3.8) is 0 Å². The minimum Gasteiger partial charge on any atom is -0.394 e. The number of rotatable bonds is 3. The molecule has 1 aliphatic heterocycles. The van der Waals surface area contributed by atoms with Crippen molar-refractivity contribution in [1.82, 2.24) is 4.90 Å². The number of benzene rings is 1. The van der Waals surface area contributed by atoms with Gasteiger partial charge in [0.25, 0.3) is 0 Å². The maximum absolute atomic E-state index is 9.54. The van der Waals surface area contributed by atoms with Crippen LogP contribution in [0.5, 0.6) is 0 Å². The zero-order chi connectivity index (χ0) is 11.4. The number of hydrogen-bond donors (Lipinski definition) is 1. The Hall–Kier alpha value is -0.570. The van der Waals surface area contributed by atoms with Crippen LogP contribution in [0.15, 0.2) is 24.3 Å². The minimum atomic E-state index is 0.110. The molecule has 2 rings (SSSR count). The molecule has 1 aromatic carbocycles. The number of aliphatic hydroxyl groups is 1. The van der Waals surface area contributed by atoms with Crippen LogP contribution in [0.1, 0.15) is 30.9 Å². The second kappa shape index (κ2) is 5.67. The molecule has 1 aliphatic rings. The second-order valence-corrected chi connectivity index (χ2v) is 4.79. The van der Waals surface area contributed by atoms with Gasteiger partial charge in [0.2, 0.25) is 0 Å². The van der Waals surface area contributed by atoms with Gasteiger partial charge in [-0.2, -0.15) is 0 Å². The molecule has 0 aliphatic carbocycles. The van der Waals surface area contributed by atoms with Crippen LogP contribution in [0, 0.1) is 0 Å². The van der Waals surface area contributed by atoms with Gasteiger partial charge in [-0.15, -0.1) is 0 Å². The highest BCUT2D eigenvalue weighted by atomic mass is 35.5. The lowest BCUT2D eigenvalue weighted by atomic mass is 10.0. The fraction of sp³-hybridized carbons (Fsp3) is 0.538. The van der Waals surface area contributed by atoms with Gasteiger partial charge >= 0.3 is 0 Å². The molecule has 1 unspecified atom stereocenters. The van der Waals surface area contributed by atoms with Crippen molar-refractivity contribution in [2.24, 2.45) is 0 Å². The van der Waals surface area contributed by atoms with Gasteiger partial charge in [-0.3, -0.25) is 4.90 Å². The van der Waals surface area contributed by atoms with Crippen molar-refractivity contribution in [3.05, 3.63) is 34.9 Å². The van der Waals surface area contributed by atoms with Crippen LogP contribution < -0.4 is 0 Å². The molecule has 1 atom stereocenters. The van der Waals surface area contributed by atoms with Crippen LogP contribution in [0.4, 0.5) is 0 Å². The highest BCUT2D eigenvalue weighted by Gasteiger charge is 2.21. The van der Waals surface area contributed by atoms with Crippen molar-refractivity contribution >= 4 is 11.6 Å². The summed E-state index contributed by atoms with van der Waals surface area (Å²) in [6.07, 6.45) is 3.78. The molecule has 1 saturated heterocycles. The zero-order valence-electron chi connectivity index (χ0n) is 9.40. The molecule has 3 heteroatoms. The predicted molar refractivity (Wildman–Crippen MR) is 66.7 cm³/mol. The summed E-state index contributed by atoms with van der Waals surface area (Å²) in [5.74, 6) is 0. The summed E-state index contributed by atoms with van der Waals surface area (Å²) in [5, 5.41) is 10.3. The van der Waals surface area contributed by atoms with E-state index in [0.29, 0.717) is 0 Å². The Bertz CT molecular complexity index is 336. The van der Waals surface area contributed by atoms with E-state index in [0.717, 1.165) is 23.7 Å². The highest BCUT2D eigenvalue weighted by molar-refractivity contribution is 6.30. The van der Waals surface area contributed by atoms with Crippen LogP contribution >= 0.6 is 11.6 Å². The number of nitrogens with zero attached hydrogens (tertiary/aromatic N) is 1. The van der Waals surface area contributed by atoms with Gasteiger partial charge in [0.1, 0.15) is 0 Å². The number of likely N-dealkylation sites (tertiary alicyclic amines) is 1. The van der Waals surface area contributed by atoms with Crippen molar-refractivity contribution in [3.8, 4) is 0 Å². The van der Waals surface area contributed by atoms with Crippen molar-refractivity contribution in [2.75, 3.05) is 19.7 Å². The summed E-state index contributed by atoms with van der Waals surface area (Å²) in [4.78, 5) is 2.36. The maximum Gasteiger partial charge on any atom is 0.0628 e. The number of piperidine rings is 1. The molecular formula is C13H18ClNO. The standard InChI is InChI=1S/C13H18ClNO/c14-12-6-4-5-11(9-12)13(10-16)15-7-2-1-3-8-15/h4-6,9,13,16H,1-3,7-8,10H2. The molecule has 0 spiro atoms. The van der Waals surface area contributed by atoms with Gasteiger partial charge in [-0.1, -0.05) is 30.2 Å². The van der Waals surface area contributed by atoms with Crippen LogP contribution in [0.25, 0.3) is 0 Å². The topological polar surface area (TPSA) is 23.5 Å². The quantitative estimate of drug-likeness (QED) is 0.877. The van der Waals surface area contributed by atoms with E-state index in [2.05, 4.69) is 4.90 Å². The molecule has 0 aromatic heterocycles. The Kier molecular flexibility index (Phi) is 4.22. The van der Waals surface area contributed by atoms with E-state index in [1.54, 1.807) is 0 Å². The van der Waals surface area contributed by atoms with E-state index >= 15 is 0 Å². The summed E-state index contributed by atoms with van der Waals surface area (Å²) >= 11 is 5.98. The highest BCUT2D eigenvalue weighted by Crippen LogP contribution is 2.25. The van der Waals surface area contributed by atoms with Crippen molar-refractivity contribution in [1.29, 1.82) is 0 Å². The first-order chi connectivity index (χ1) is 7.81. The molecule has 1 heterocycles. The maximum atomic E-state index is 9.54. The monoisotopic (exact) mass is 239 g/mol. The predicted octanol–water partition coefficient (Wildman–Crippen LogP) is 2.86. The molecule has 88 valence electrons. The smallest absolute Gasteiger partial charge is 0.0628 e. The van der Waals surface area contributed by atoms with Crippen LogP contribution in [0.2, 0.25) is 5.02 Å². The first-order valence-electron chi connectivity index (χ1n) is 5.91.